The number of piperidine rings is 1. The Morgan fingerprint density at radius 1 is 1.32 bits per heavy atom. The number of hydrogen-bond donors (Lipinski definition) is 0. The fraction of sp³-hybridized carbons (Fsp3) is 0.471. The fourth-order valence-electron chi connectivity index (χ4n) is 3.64. The topological polar surface area (TPSA) is 20.3 Å². The third kappa shape index (κ3) is 2.14. The quantitative estimate of drug-likeness (QED) is 0.757. The molecule has 1 aromatic carbocycles. The molecule has 0 aromatic heterocycles. The summed E-state index contributed by atoms with van der Waals surface area (Å²) in [7, 11) is 2.11. The van der Waals surface area contributed by atoms with Crippen molar-refractivity contribution in [1.29, 1.82) is 0 Å². The predicted molar refractivity (Wildman–Crippen MR) is 77.8 cm³/mol. The second-order valence-electron chi connectivity index (χ2n) is 5.80. The van der Waals surface area contributed by atoms with Gasteiger partial charge in [0.2, 0.25) is 0 Å². The maximum Gasteiger partial charge on any atom is 0.176 e. The van der Waals surface area contributed by atoms with E-state index in [2.05, 4.69) is 37.1 Å². The molecule has 2 heterocycles. The summed E-state index contributed by atoms with van der Waals surface area (Å²) in [5.74, 6) is 1.03. The van der Waals surface area contributed by atoms with Crippen molar-refractivity contribution in [1.82, 2.24) is 4.90 Å². The molecule has 2 heteroatoms. The summed E-state index contributed by atoms with van der Waals surface area (Å²) < 4.78 is 0. The van der Waals surface area contributed by atoms with Crippen LogP contribution < -0.4 is 0 Å². The number of carbonyl (C=O) groups excluding carboxylic acids is 1. The van der Waals surface area contributed by atoms with Crippen LogP contribution in [-0.4, -0.2) is 29.8 Å². The number of fused-ring (bicyclic) bond motifs is 2. The summed E-state index contributed by atoms with van der Waals surface area (Å²) in [5, 5.41) is 0. The maximum atomic E-state index is 12.5. The summed E-state index contributed by atoms with van der Waals surface area (Å²) in [6.45, 7) is 2.24. The molecule has 2 nitrogen and oxygen atoms in total. The number of hydrogen-bond acceptors (Lipinski definition) is 2. The third-order valence-corrected chi connectivity index (χ3v) is 4.80. The molecule has 1 aromatic rings. The molecule has 2 saturated heterocycles. The minimum atomic E-state index is 0.124. The van der Waals surface area contributed by atoms with Crippen LogP contribution in [0.2, 0.25) is 0 Å². The molecule has 0 spiro atoms. The standard InChI is InChI=1S/C17H21NO/c1-3-13-10-16-17(19)14(11-15(13)18(16)2)9-12-7-5-4-6-8-12/h4-9,13,15-16H,3,10-11H2,1-2H3/b14-9+/t13-,15-,16+/m0/s1. The van der Waals surface area contributed by atoms with E-state index in [4.69, 9.17) is 0 Å². The minimum absolute atomic E-state index is 0.124. The first-order valence-electron chi connectivity index (χ1n) is 7.22. The molecule has 100 valence electrons. The summed E-state index contributed by atoms with van der Waals surface area (Å²) in [6, 6.07) is 10.9. The van der Waals surface area contributed by atoms with Crippen LogP contribution in [0.4, 0.5) is 0 Å². The first kappa shape index (κ1) is 12.6. The van der Waals surface area contributed by atoms with Crippen molar-refractivity contribution < 1.29 is 4.79 Å². The van der Waals surface area contributed by atoms with E-state index < -0.39 is 0 Å². The summed E-state index contributed by atoms with van der Waals surface area (Å²) >= 11 is 0. The number of likely N-dealkylation sites (N-methyl/N-ethyl adjacent to an activating group) is 1. The van der Waals surface area contributed by atoms with Gasteiger partial charge in [-0.3, -0.25) is 9.69 Å². The van der Waals surface area contributed by atoms with Crippen molar-refractivity contribution >= 4 is 11.9 Å². The van der Waals surface area contributed by atoms with Gasteiger partial charge in [0.05, 0.1) is 6.04 Å². The molecule has 2 aliphatic heterocycles. The molecule has 0 amide bonds. The lowest BCUT2D eigenvalue weighted by molar-refractivity contribution is -0.121. The van der Waals surface area contributed by atoms with Gasteiger partial charge in [-0.25, -0.2) is 0 Å². The molecule has 0 aliphatic carbocycles. The van der Waals surface area contributed by atoms with Gasteiger partial charge < -0.3 is 0 Å². The van der Waals surface area contributed by atoms with Crippen molar-refractivity contribution in [3.63, 3.8) is 0 Å². The average molecular weight is 255 g/mol. The lowest BCUT2D eigenvalue weighted by Gasteiger charge is -2.32. The highest BCUT2D eigenvalue weighted by molar-refractivity contribution is 6.04. The number of ketones is 1. The molecule has 2 bridgehead atoms. The van der Waals surface area contributed by atoms with Crippen LogP contribution >= 0.6 is 0 Å². The van der Waals surface area contributed by atoms with Gasteiger partial charge in [0.15, 0.2) is 5.78 Å². The SMILES string of the molecule is CC[C@H]1C[C@@H]2C(=O)/C(=C/c3ccccc3)C[C@@H]1N2C. The fourth-order valence-corrected chi connectivity index (χ4v) is 3.64. The van der Waals surface area contributed by atoms with Crippen LogP contribution in [0.3, 0.4) is 0 Å². The highest BCUT2D eigenvalue weighted by Crippen LogP contribution is 2.40. The Morgan fingerprint density at radius 2 is 2.05 bits per heavy atom. The molecule has 0 radical (unpaired) electrons. The van der Waals surface area contributed by atoms with Crippen LogP contribution in [0.5, 0.6) is 0 Å². The molecular weight excluding hydrogens is 234 g/mol. The van der Waals surface area contributed by atoms with E-state index in [9.17, 15) is 4.79 Å². The van der Waals surface area contributed by atoms with Crippen molar-refractivity contribution in [2.45, 2.75) is 38.3 Å². The molecule has 2 aliphatic rings. The van der Waals surface area contributed by atoms with Crippen molar-refractivity contribution in [2.24, 2.45) is 5.92 Å². The monoisotopic (exact) mass is 255 g/mol. The van der Waals surface area contributed by atoms with Gasteiger partial charge in [0, 0.05) is 6.04 Å². The first-order chi connectivity index (χ1) is 9.20. The summed E-state index contributed by atoms with van der Waals surface area (Å²) in [4.78, 5) is 14.9. The van der Waals surface area contributed by atoms with Crippen LogP contribution in [0.15, 0.2) is 35.9 Å². The Morgan fingerprint density at radius 3 is 2.74 bits per heavy atom. The van der Waals surface area contributed by atoms with Gasteiger partial charge >= 0.3 is 0 Å². The zero-order chi connectivity index (χ0) is 13.4. The zero-order valence-electron chi connectivity index (χ0n) is 11.7. The number of benzene rings is 1. The van der Waals surface area contributed by atoms with E-state index in [1.165, 1.54) is 6.42 Å². The van der Waals surface area contributed by atoms with E-state index in [0.717, 1.165) is 24.0 Å². The van der Waals surface area contributed by atoms with Gasteiger partial charge in [-0.1, -0.05) is 43.7 Å². The maximum absolute atomic E-state index is 12.5. The largest absolute Gasteiger partial charge is 0.293 e. The highest BCUT2D eigenvalue weighted by atomic mass is 16.1. The van der Waals surface area contributed by atoms with E-state index >= 15 is 0 Å². The zero-order valence-corrected chi connectivity index (χ0v) is 11.7. The Hall–Kier alpha value is -1.41. The molecule has 3 atom stereocenters. The van der Waals surface area contributed by atoms with Crippen molar-refractivity contribution in [3.05, 3.63) is 41.5 Å². The molecule has 0 N–H and O–H groups in total. The van der Waals surface area contributed by atoms with Gasteiger partial charge in [0.25, 0.3) is 0 Å². The lowest BCUT2D eigenvalue weighted by atomic mass is 9.91. The number of nitrogens with zero attached hydrogens (tertiary/aromatic N) is 1. The van der Waals surface area contributed by atoms with Gasteiger partial charge in [-0.05, 0) is 43.0 Å². The van der Waals surface area contributed by atoms with Crippen LogP contribution in [0.1, 0.15) is 31.7 Å². The predicted octanol–water partition coefficient (Wildman–Crippen LogP) is 3.14. The van der Waals surface area contributed by atoms with Crippen molar-refractivity contribution in [3.8, 4) is 0 Å². The van der Waals surface area contributed by atoms with Gasteiger partial charge in [0.1, 0.15) is 0 Å². The Bertz CT molecular complexity index is 505. The average Bonchev–Trinajstić information content (AvgIpc) is 2.66. The summed E-state index contributed by atoms with van der Waals surface area (Å²) in [6.07, 6.45) is 5.23. The van der Waals surface area contributed by atoms with Crippen LogP contribution in [0.25, 0.3) is 6.08 Å². The summed E-state index contributed by atoms with van der Waals surface area (Å²) in [5.41, 5.74) is 2.16. The molecule has 0 unspecified atom stereocenters. The number of rotatable bonds is 2. The second-order valence-corrected chi connectivity index (χ2v) is 5.80. The molecule has 2 fully saturated rings. The number of carbonyl (C=O) groups is 1. The molecule has 3 rings (SSSR count). The Kier molecular flexibility index (Phi) is 3.28. The van der Waals surface area contributed by atoms with E-state index in [1.807, 2.05) is 18.2 Å². The second kappa shape index (κ2) is 4.93. The van der Waals surface area contributed by atoms with Gasteiger partial charge in [-0.15, -0.1) is 0 Å². The molecule has 0 saturated carbocycles. The van der Waals surface area contributed by atoms with Crippen LogP contribution in [0, 0.1) is 5.92 Å². The minimum Gasteiger partial charge on any atom is -0.293 e. The molecule has 19 heavy (non-hydrogen) atoms. The lowest BCUT2D eigenvalue weighted by Crippen LogP contribution is -2.44. The number of Topliss-reactive ketones (excluding diaryl/α,β-unsaturated/α-hetero) is 1. The molecular formula is C17H21NO. The third-order valence-electron chi connectivity index (χ3n) is 4.80. The van der Waals surface area contributed by atoms with E-state index in [1.54, 1.807) is 0 Å². The van der Waals surface area contributed by atoms with Crippen molar-refractivity contribution in [2.75, 3.05) is 7.05 Å². The Labute approximate surface area is 115 Å². The van der Waals surface area contributed by atoms with E-state index in [0.29, 0.717) is 17.7 Å². The highest BCUT2D eigenvalue weighted by Gasteiger charge is 2.46. The van der Waals surface area contributed by atoms with Gasteiger partial charge in [-0.2, -0.15) is 0 Å². The first-order valence-corrected chi connectivity index (χ1v) is 7.22. The smallest absolute Gasteiger partial charge is 0.176 e. The van der Waals surface area contributed by atoms with E-state index in [-0.39, 0.29) is 6.04 Å². The normalized spacial score (nSPS) is 33.1. The van der Waals surface area contributed by atoms with Crippen LogP contribution in [-0.2, 0) is 4.79 Å². The Balaban J connectivity index is 1.90.